The number of hydrogen-bond acceptors (Lipinski definition) is 2. The van der Waals surface area contributed by atoms with E-state index in [9.17, 15) is 0 Å². The fourth-order valence-electron chi connectivity index (χ4n) is 1.09. The molecule has 3 nitrogen and oxygen atoms in total. The highest BCUT2D eigenvalue weighted by molar-refractivity contribution is 9.10. The van der Waals surface area contributed by atoms with Crippen molar-refractivity contribution in [1.29, 1.82) is 0 Å². The summed E-state index contributed by atoms with van der Waals surface area (Å²) in [5, 5.41) is 8.82. The van der Waals surface area contributed by atoms with Gasteiger partial charge in [0.1, 0.15) is 5.65 Å². The number of aliphatic hydroxyl groups is 1. The van der Waals surface area contributed by atoms with E-state index in [-0.39, 0.29) is 6.61 Å². The first-order chi connectivity index (χ1) is 5.79. The van der Waals surface area contributed by atoms with Crippen molar-refractivity contribution in [1.82, 2.24) is 9.38 Å². The Hall–Kier alpha value is -0.870. The van der Waals surface area contributed by atoms with Gasteiger partial charge in [-0.2, -0.15) is 0 Å². The van der Waals surface area contributed by atoms with Crippen LogP contribution in [0, 0.1) is 0 Å². The molecule has 0 saturated carbocycles. The number of aliphatic hydroxyl groups excluding tert-OH is 1. The molecule has 0 aromatic carbocycles. The highest BCUT2D eigenvalue weighted by Crippen LogP contribution is 2.12. The summed E-state index contributed by atoms with van der Waals surface area (Å²) in [5.74, 6) is 0. The van der Waals surface area contributed by atoms with E-state index in [1.54, 1.807) is 0 Å². The van der Waals surface area contributed by atoms with Gasteiger partial charge < -0.3 is 9.51 Å². The molecule has 0 unspecified atom stereocenters. The zero-order valence-corrected chi connectivity index (χ0v) is 7.82. The van der Waals surface area contributed by atoms with E-state index < -0.39 is 0 Å². The SMILES string of the molecule is OCc1cn2ccc(Br)cc2n1. The van der Waals surface area contributed by atoms with E-state index in [0.29, 0.717) is 5.69 Å². The van der Waals surface area contributed by atoms with E-state index in [1.165, 1.54) is 0 Å². The van der Waals surface area contributed by atoms with Crippen molar-refractivity contribution >= 4 is 21.6 Å². The second-order valence-corrected chi connectivity index (χ2v) is 3.42. The molecule has 12 heavy (non-hydrogen) atoms. The summed E-state index contributed by atoms with van der Waals surface area (Å²) in [6, 6.07) is 3.83. The van der Waals surface area contributed by atoms with Gasteiger partial charge in [0.25, 0.3) is 0 Å². The minimum absolute atomic E-state index is 0.0146. The molecule has 2 heterocycles. The first-order valence-corrected chi connectivity index (χ1v) is 4.33. The number of imidazole rings is 1. The van der Waals surface area contributed by atoms with Gasteiger partial charge in [0, 0.05) is 16.9 Å². The van der Waals surface area contributed by atoms with Gasteiger partial charge in [0.15, 0.2) is 0 Å². The van der Waals surface area contributed by atoms with Crippen LogP contribution in [0.15, 0.2) is 29.0 Å². The Kier molecular flexibility index (Phi) is 1.86. The van der Waals surface area contributed by atoms with Gasteiger partial charge in [0.05, 0.1) is 12.3 Å². The molecule has 0 aliphatic rings. The maximum Gasteiger partial charge on any atom is 0.138 e. The molecule has 0 aliphatic heterocycles. The zero-order valence-electron chi connectivity index (χ0n) is 6.24. The number of rotatable bonds is 1. The van der Waals surface area contributed by atoms with E-state index in [4.69, 9.17) is 5.11 Å². The molecule has 0 atom stereocenters. The van der Waals surface area contributed by atoms with Crippen molar-refractivity contribution in [2.75, 3.05) is 0 Å². The maximum atomic E-state index is 8.82. The van der Waals surface area contributed by atoms with Gasteiger partial charge in [-0.25, -0.2) is 4.98 Å². The van der Waals surface area contributed by atoms with Crippen molar-refractivity contribution in [3.05, 3.63) is 34.7 Å². The van der Waals surface area contributed by atoms with Crippen LogP contribution in [0.5, 0.6) is 0 Å². The van der Waals surface area contributed by atoms with Crippen LogP contribution in [0.25, 0.3) is 5.65 Å². The molecule has 0 aliphatic carbocycles. The van der Waals surface area contributed by atoms with Gasteiger partial charge >= 0.3 is 0 Å². The number of nitrogens with zero attached hydrogens (tertiary/aromatic N) is 2. The lowest BCUT2D eigenvalue weighted by atomic mass is 10.5. The van der Waals surface area contributed by atoms with Gasteiger partial charge in [-0.1, -0.05) is 15.9 Å². The average Bonchev–Trinajstić information content (AvgIpc) is 2.46. The molecule has 0 amide bonds. The van der Waals surface area contributed by atoms with Crippen LogP contribution in [0.1, 0.15) is 5.69 Å². The third-order valence-electron chi connectivity index (χ3n) is 1.63. The predicted molar refractivity (Wildman–Crippen MR) is 48.8 cm³/mol. The Bertz CT molecular complexity index is 410. The van der Waals surface area contributed by atoms with Gasteiger partial charge in [0.2, 0.25) is 0 Å². The maximum absolute atomic E-state index is 8.82. The number of halogens is 1. The van der Waals surface area contributed by atoms with E-state index in [1.807, 2.05) is 28.9 Å². The van der Waals surface area contributed by atoms with Crippen LogP contribution in [-0.2, 0) is 6.61 Å². The molecule has 2 aromatic rings. The fraction of sp³-hybridized carbons (Fsp3) is 0.125. The molecule has 1 N–H and O–H groups in total. The Labute approximate surface area is 77.8 Å². The quantitative estimate of drug-likeness (QED) is 0.803. The minimum atomic E-state index is -0.0146. The molecule has 0 radical (unpaired) electrons. The molecule has 0 fully saturated rings. The lowest BCUT2D eigenvalue weighted by molar-refractivity contribution is 0.277. The summed E-state index contributed by atoms with van der Waals surface area (Å²) in [4.78, 5) is 4.18. The highest BCUT2D eigenvalue weighted by atomic mass is 79.9. The first-order valence-electron chi connectivity index (χ1n) is 3.53. The largest absolute Gasteiger partial charge is 0.390 e. The number of aromatic nitrogens is 2. The van der Waals surface area contributed by atoms with Gasteiger partial charge in [-0.15, -0.1) is 0 Å². The molecule has 0 bridgehead atoms. The van der Waals surface area contributed by atoms with E-state index in [2.05, 4.69) is 20.9 Å². The first kappa shape index (κ1) is 7.76. The van der Waals surface area contributed by atoms with Crippen LogP contribution in [0.3, 0.4) is 0 Å². The molecule has 62 valence electrons. The minimum Gasteiger partial charge on any atom is -0.390 e. The molecule has 4 heteroatoms. The van der Waals surface area contributed by atoms with Crippen molar-refractivity contribution in [3.63, 3.8) is 0 Å². The second-order valence-electron chi connectivity index (χ2n) is 2.50. The number of fused-ring (bicyclic) bond motifs is 1. The van der Waals surface area contributed by atoms with E-state index >= 15 is 0 Å². The van der Waals surface area contributed by atoms with Crippen LogP contribution < -0.4 is 0 Å². The van der Waals surface area contributed by atoms with E-state index in [0.717, 1.165) is 10.1 Å². The molecule has 2 rings (SSSR count). The van der Waals surface area contributed by atoms with Crippen molar-refractivity contribution in [2.24, 2.45) is 0 Å². The lowest BCUT2D eigenvalue weighted by Crippen LogP contribution is -1.79. The topological polar surface area (TPSA) is 37.5 Å². The Morgan fingerprint density at radius 3 is 3.17 bits per heavy atom. The van der Waals surface area contributed by atoms with Gasteiger partial charge in [-0.3, -0.25) is 0 Å². The summed E-state index contributed by atoms with van der Waals surface area (Å²) < 4.78 is 2.86. The summed E-state index contributed by atoms with van der Waals surface area (Å²) in [7, 11) is 0. The Morgan fingerprint density at radius 2 is 2.42 bits per heavy atom. The summed E-state index contributed by atoms with van der Waals surface area (Å²) >= 11 is 3.35. The Balaban J connectivity index is 2.67. The highest BCUT2D eigenvalue weighted by Gasteiger charge is 1.99. The molecule has 2 aromatic heterocycles. The van der Waals surface area contributed by atoms with Crippen LogP contribution in [0.4, 0.5) is 0 Å². The normalized spacial score (nSPS) is 10.8. The van der Waals surface area contributed by atoms with Crippen molar-refractivity contribution in [3.8, 4) is 0 Å². The third kappa shape index (κ3) is 1.23. The monoisotopic (exact) mass is 226 g/mol. The standard InChI is InChI=1S/C8H7BrN2O/c9-6-1-2-11-4-7(5-12)10-8(11)3-6/h1-4,12H,5H2. The molecular formula is C8H7BrN2O. The van der Waals surface area contributed by atoms with Gasteiger partial charge in [-0.05, 0) is 12.1 Å². The number of pyridine rings is 1. The Morgan fingerprint density at radius 1 is 1.58 bits per heavy atom. The van der Waals surface area contributed by atoms with Crippen LogP contribution in [0.2, 0.25) is 0 Å². The fourth-order valence-corrected chi connectivity index (χ4v) is 1.41. The molecule has 0 spiro atoms. The second kappa shape index (κ2) is 2.88. The zero-order chi connectivity index (χ0) is 8.55. The smallest absolute Gasteiger partial charge is 0.138 e. The van der Waals surface area contributed by atoms with Crippen LogP contribution in [-0.4, -0.2) is 14.5 Å². The summed E-state index contributed by atoms with van der Waals surface area (Å²) in [5.41, 5.74) is 1.53. The summed E-state index contributed by atoms with van der Waals surface area (Å²) in [6.07, 6.45) is 3.70. The number of hydrogen-bond donors (Lipinski definition) is 1. The predicted octanol–water partition coefficient (Wildman–Crippen LogP) is 1.59. The van der Waals surface area contributed by atoms with Crippen molar-refractivity contribution in [2.45, 2.75) is 6.61 Å². The molecular weight excluding hydrogens is 220 g/mol. The summed E-state index contributed by atoms with van der Waals surface area (Å²) in [6.45, 7) is -0.0146. The third-order valence-corrected chi connectivity index (χ3v) is 2.13. The average molecular weight is 227 g/mol. The molecule has 0 saturated heterocycles. The van der Waals surface area contributed by atoms with Crippen LogP contribution >= 0.6 is 15.9 Å². The van der Waals surface area contributed by atoms with Crippen molar-refractivity contribution < 1.29 is 5.11 Å². The lowest BCUT2D eigenvalue weighted by Gasteiger charge is -1.91.